The fraction of sp³-hybridized carbons (Fsp3) is 0.133. The summed E-state index contributed by atoms with van der Waals surface area (Å²) >= 11 is 0. The van der Waals surface area contributed by atoms with Gasteiger partial charge in [-0.2, -0.15) is 9.78 Å². The third-order valence-electron chi connectivity index (χ3n) is 6.27. The van der Waals surface area contributed by atoms with Gasteiger partial charge in [0.2, 0.25) is 12.3 Å². The normalized spacial score (nSPS) is 10.8. The second-order valence-electron chi connectivity index (χ2n) is 9.01. The van der Waals surface area contributed by atoms with Gasteiger partial charge in [0.05, 0.1) is 11.4 Å². The van der Waals surface area contributed by atoms with E-state index in [0.717, 1.165) is 27.9 Å². The van der Waals surface area contributed by atoms with Gasteiger partial charge >= 0.3 is 23.0 Å². The first kappa shape index (κ1) is 32.5. The van der Waals surface area contributed by atoms with Gasteiger partial charge in [-0.3, -0.25) is 4.79 Å². The number of nitrogens with one attached hydrogen (secondary N) is 1. The largest absolute Gasteiger partial charge is 1.00 e. The molecule has 1 aromatic heterocycles. The first-order valence-electron chi connectivity index (χ1n) is 12.0. The number of carboxylic acid groups (broad SMARTS) is 1. The number of hydrogen-bond donors (Lipinski definition) is 4. The summed E-state index contributed by atoms with van der Waals surface area (Å²) in [6, 6.07) is 14.2. The molecule has 0 saturated heterocycles. The Morgan fingerprint density at radius 3 is 2.12 bits per heavy atom. The van der Waals surface area contributed by atoms with Crippen molar-refractivity contribution in [3.63, 3.8) is 0 Å². The molecule has 1 amide bonds. The number of aromatic carboxylic acids is 1. The van der Waals surface area contributed by atoms with Crippen LogP contribution in [0, 0.1) is 35.1 Å². The van der Waals surface area contributed by atoms with E-state index in [2.05, 4.69) is 20.6 Å². The minimum Gasteiger partial charge on any atom is -0.507 e. The minimum absolute atomic E-state index is 0. The van der Waals surface area contributed by atoms with Crippen LogP contribution in [0.1, 0.15) is 43.9 Å². The molecule has 0 fully saturated rings. The molecule has 41 heavy (non-hydrogen) atoms. The second-order valence-corrected chi connectivity index (χ2v) is 9.01. The predicted octanol–water partition coefficient (Wildman–Crippen LogP) is 6.82. The van der Waals surface area contributed by atoms with E-state index in [-0.39, 0.29) is 53.1 Å². The summed E-state index contributed by atoms with van der Waals surface area (Å²) < 4.78 is 1.33. The monoisotopic (exact) mass is 603 g/mol. The molecular weight excluding hydrogens is 574 g/mol. The van der Waals surface area contributed by atoms with Gasteiger partial charge < -0.3 is 28.1 Å². The Bertz CT molecular complexity index is 1660. The van der Waals surface area contributed by atoms with Gasteiger partial charge in [0, 0.05) is 5.69 Å². The number of benzene rings is 3. The van der Waals surface area contributed by atoms with Crippen molar-refractivity contribution in [3.05, 3.63) is 95.0 Å². The summed E-state index contributed by atoms with van der Waals surface area (Å²) in [7, 11) is 0. The zero-order chi connectivity index (χ0) is 28.3. The van der Waals surface area contributed by atoms with Crippen LogP contribution in [-0.4, -0.2) is 37.5 Å². The predicted molar refractivity (Wildman–Crippen MR) is 155 cm³/mol. The maximum atomic E-state index is 11.6. The quantitative estimate of drug-likeness (QED) is 0.0571. The molecule has 0 aliphatic rings. The molecule has 0 atom stereocenters. The summed E-state index contributed by atoms with van der Waals surface area (Å²) in [5, 5.41) is 45.5. The number of carbonyl (C=O) groups excluding carboxylic acids is 1. The maximum absolute atomic E-state index is 11.6. The molecule has 11 heteroatoms. The molecule has 0 saturated carbocycles. The molecule has 4 N–H and O–H groups in total. The van der Waals surface area contributed by atoms with Crippen molar-refractivity contribution >= 4 is 41.6 Å². The Balaban J connectivity index is 0.00000294. The average molecular weight is 604 g/mol. The Morgan fingerprint density at radius 1 is 0.902 bits per heavy atom. The number of hydrogen-bond acceptors (Lipinski definition) is 7. The van der Waals surface area contributed by atoms with Crippen molar-refractivity contribution in [1.29, 1.82) is 0 Å². The number of aromatic hydroxyl groups is 2. The maximum Gasteiger partial charge on any atom is 1.00 e. The number of anilines is 1. The van der Waals surface area contributed by atoms with Crippen LogP contribution in [0.4, 0.5) is 17.1 Å². The van der Waals surface area contributed by atoms with E-state index in [4.69, 9.17) is 0 Å². The zero-order valence-electron chi connectivity index (χ0n) is 23.1. The van der Waals surface area contributed by atoms with Crippen molar-refractivity contribution in [2.75, 3.05) is 5.32 Å². The molecule has 0 spiro atoms. The minimum atomic E-state index is -1.34. The molecule has 0 bridgehead atoms. The number of nitrogens with zero attached hydrogens (tertiary/aromatic N) is 4. The summed E-state index contributed by atoms with van der Waals surface area (Å²) in [6.45, 7) is 7.14. The summed E-state index contributed by atoms with van der Waals surface area (Å²) in [5.74, 6) is -1.98. The van der Waals surface area contributed by atoms with E-state index in [0.29, 0.717) is 23.4 Å². The van der Waals surface area contributed by atoms with Crippen LogP contribution in [0.5, 0.6) is 11.6 Å². The van der Waals surface area contributed by atoms with Crippen LogP contribution in [0.2, 0.25) is 0 Å². The van der Waals surface area contributed by atoms with Gasteiger partial charge in [0.15, 0.2) is 5.69 Å². The zero-order valence-corrected chi connectivity index (χ0v) is 24.0. The van der Waals surface area contributed by atoms with Crippen molar-refractivity contribution in [2.24, 2.45) is 10.2 Å². The molecule has 0 radical (unpaired) electrons. The van der Waals surface area contributed by atoms with Crippen LogP contribution in [-0.2, 0) is 21.9 Å². The number of azo groups is 1. The standard InChI is InChI=1S/C29H27N5O5.CH3.Cu/c1-16-5-12-24(25(27(16)36)29(38)39)31-32-26-19(4)33-34(28(26)37)23-11-9-21(18(3)14-23)7-6-20-8-10-22(30-15-35)13-17(20)2;;/h5-15,36-37H,1-4H3,(H,30,35)(H,38,39);1H3;/q;-1;+1. The fourth-order valence-corrected chi connectivity index (χ4v) is 4.07. The number of rotatable bonds is 8. The Kier molecular flexibility index (Phi) is 10.7. The van der Waals surface area contributed by atoms with Gasteiger partial charge in [0.25, 0.3) is 0 Å². The Labute approximate surface area is 248 Å². The third-order valence-corrected chi connectivity index (χ3v) is 6.27. The molecule has 1 heterocycles. The van der Waals surface area contributed by atoms with Crippen LogP contribution >= 0.6 is 0 Å². The van der Waals surface area contributed by atoms with Crippen LogP contribution in [0.25, 0.3) is 17.8 Å². The summed E-state index contributed by atoms with van der Waals surface area (Å²) in [6.07, 6.45) is 4.62. The van der Waals surface area contributed by atoms with E-state index >= 15 is 0 Å². The van der Waals surface area contributed by atoms with E-state index in [1.54, 1.807) is 13.8 Å². The second kappa shape index (κ2) is 13.6. The molecule has 3 aromatic carbocycles. The SMILES string of the molecule is Cc1cc(NC=O)ccc1C=Cc1ccc(-n2nc(C)c(N=Nc3ccc(C)c(O)c3C(=O)O)c2O)cc1C.[CH3-].[Cu+]. The number of amides is 1. The van der Waals surface area contributed by atoms with Gasteiger partial charge in [-0.15, -0.1) is 10.2 Å². The molecule has 4 aromatic rings. The third kappa shape index (κ3) is 6.89. The molecule has 0 unspecified atom stereocenters. The smallest absolute Gasteiger partial charge is 0.507 e. The number of carboxylic acids is 1. The molecule has 4 rings (SSSR count). The van der Waals surface area contributed by atoms with Gasteiger partial charge in [-0.25, -0.2) is 4.79 Å². The van der Waals surface area contributed by atoms with Crippen molar-refractivity contribution in [1.82, 2.24) is 9.78 Å². The molecule has 0 aliphatic carbocycles. The first-order chi connectivity index (χ1) is 18.6. The molecular formula is C30H30CuN5O5. The number of phenols is 1. The van der Waals surface area contributed by atoms with E-state index in [1.807, 2.05) is 62.4 Å². The fourth-order valence-electron chi connectivity index (χ4n) is 4.07. The number of carbonyl (C=O) groups is 2. The van der Waals surface area contributed by atoms with E-state index in [1.165, 1.54) is 16.8 Å². The van der Waals surface area contributed by atoms with E-state index < -0.39 is 5.97 Å². The first-order valence-corrected chi connectivity index (χ1v) is 12.0. The van der Waals surface area contributed by atoms with Gasteiger partial charge in [-0.05, 0) is 85.8 Å². The molecule has 0 aliphatic heterocycles. The van der Waals surface area contributed by atoms with Gasteiger partial charge in [0.1, 0.15) is 17.0 Å². The number of aryl methyl sites for hydroxylation is 4. The Morgan fingerprint density at radius 2 is 1.54 bits per heavy atom. The molecule has 10 nitrogen and oxygen atoms in total. The number of aromatic nitrogens is 2. The van der Waals surface area contributed by atoms with Crippen LogP contribution in [0.15, 0.2) is 58.8 Å². The summed E-state index contributed by atoms with van der Waals surface area (Å²) in [5.41, 5.74) is 5.71. The van der Waals surface area contributed by atoms with Crippen molar-refractivity contribution in [2.45, 2.75) is 27.7 Å². The topological polar surface area (TPSA) is 149 Å². The van der Waals surface area contributed by atoms with Crippen molar-refractivity contribution in [3.8, 4) is 17.3 Å². The molecule has 216 valence electrons. The Hall–Kier alpha value is -4.73. The van der Waals surface area contributed by atoms with Gasteiger partial charge in [-0.1, -0.05) is 30.4 Å². The average Bonchev–Trinajstić information content (AvgIpc) is 3.17. The van der Waals surface area contributed by atoms with Crippen molar-refractivity contribution < 1.29 is 42.0 Å². The summed E-state index contributed by atoms with van der Waals surface area (Å²) in [4.78, 5) is 22.3. The van der Waals surface area contributed by atoms with E-state index in [9.17, 15) is 24.9 Å². The van der Waals surface area contributed by atoms with Crippen LogP contribution < -0.4 is 5.32 Å². The van der Waals surface area contributed by atoms with Crippen LogP contribution in [0.3, 0.4) is 0 Å².